The molecule has 0 radical (unpaired) electrons. The number of anilines is 2. The first kappa shape index (κ1) is 14.1. The molecule has 1 aliphatic heterocycles. The summed E-state index contributed by atoms with van der Waals surface area (Å²) < 4.78 is 5.14. The molecule has 2 heterocycles. The number of methoxy groups -OCH3 is 1. The van der Waals surface area contributed by atoms with Gasteiger partial charge in [-0.1, -0.05) is 0 Å². The Bertz CT molecular complexity index is 430. The Kier molecular flexibility index (Phi) is 4.58. The lowest BCUT2D eigenvalue weighted by Gasteiger charge is -2.23. The van der Waals surface area contributed by atoms with E-state index in [4.69, 9.17) is 9.72 Å². The van der Waals surface area contributed by atoms with Crippen LogP contribution in [0.3, 0.4) is 0 Å². The van der Waals surface area contributed by atoms with Crippen LogP contribution in [-0.2, 0) is 4.74 Å². The van der Waals surface area contributed by atoms with E-state index in [1.165, 1.54) is 12.8 Å². The largest absolute Gasteiger partial charge is 0.383 e. The summed E-state index contributed by atoms with van der Waals surface area (Å²) >= 11 is 0. The van der Waals surface area contributed by atoms with Gasteiger partial charge in [0, 0.05) is 45.0 Å². The van der Waals surface area contributed by atoms with Crippen molar-refractivity contribution in [2.75, 3.05) is 50.2 Å². The van der Waals surface area contributed by atoms with Gasteiger partial charge < -0.3 is 14.5 Å². The van der Waals surface area contributed by atoms with Crippen molar-refractivity contribution in [3.05, 3.63) is 11.3 Å². The van der Waals surface area contributed by atoms with Gasteiger partial charge in [0.2, 0.25) is 5.95 Å². The molecule has 5 heteroatoms. The number of aryl methyl sites for hydroxylation is 1. The Balaban J connectivity index is 2.25. The summed E-state index contributed by atoms with van der Waals surface area (Å²) in [4.78, 5) is 13.8. The van der Waals surface area contributed by atoms with E-state index in [1.54, 1.807) is 7.11 Å². The van der Waals surface area contributed by atoms with Crippen molar-refractivity contribution in [3.63, 3.8) is 0 Å². The van der Waals surface area contributed by atoms with Crippen LogP contribution in [0, 0.1) is 13.8 Å². The standard InChI is InChI=1S/C14H24N4O/c1-11-12(2)15-14(18-7-5-6-8-18)16-13(11)17(3)9-10-19-4/h5-10H2,1-4H3. The summed E-state index contributed by atoms with van der Waals surface area (Å²) in [5.41, 5.74) is 2.22. The quantitative estimate of drug-likeness (QED) is 0.811. The number of aromatic nitrogens is 2. The highest BCUT2D eigenvalue weighted by molar-refractivity contribution is 5.52. The fourth-order valence-corrected chi connectivity index (χ4v) is 2.36. The van der Waals surface area contributed by atoms with Crippen LogP contribution in [0.15, 0.2) is 0 Å². The maximum atomic E-state index is 5.14. The highest BCUT2D eigenvalue weighted by Gasteiger charge is 2.18. The summed E-state index contributed by atoms with van der Waals surface area (Å²) in [5, 5.41) is 0. The van der Waals surface area contributed by atoms with Crippen molar-refractivity contribution in [2.45, 2.75) is 26.7 Å². The molecule has 0 saturated carbocycles. The first-order valence-electron chi connectivity index (χ1n) is 6.93. The molecule has 5 nitrogen and oxygen atoms in total. The summed E-state index contributed by atoms with van der Waals surface area (Å²) in [6.07, 6.45) is 2.48. The van der Waals surface area contributed by atoms with E-state index in [2.05, 4.69) is 35.7 Å². The molecule has 1 fully saturated rings. The van der Waals surface area contributed by atoms with Gasteiger partial charge >= 0.3 is 0 Å². The zero-order valence-electron chi connectivity index (χ0n) is 12.4. The summed E-state index contributed by atoms with van der Waals surface area (Å²) in [5.74, 6) is 1.89. The average Bonchev–Trinajstić information content (AvgIpc) is 2.93. The number of rotatable bonds is 5. The number of ether oxygens (including phenoxy) is 1. The van der Waals surface area contributed by atoms with Crippen molar-refractivity contribution in [2.24, 2.45) is 0 Å². The molecular formula is C14H24N4O. The van der Waals surface area contributed by atoms with E-state index < -0.39 is 0 Å². The lowest BCUT2D eigenvalue weighted by molar-refractivity contribution is 0.206. The van der Waals surface area contributed by atoms with Crippen LogP contribution in [0.1, 0.15) is 24.1 Å². The zero-order valence-corrected chi connectivity index (χ0v) is 12.4. The molecule has 0 spiro atoms. The minimum absolute atomic E-state index is 0.706. The molecule has 0 aliphatic carbocycles. The third-order valence-electron chi connectivity index (χ3n) is 3.73. The number of nitrogens with zero attached hydrogens (tertiary/aromatic N) is 4. The van der Waals surface area contributed by atoms with E-state index in [1.807, 2.05) is 0 Å². The third-order valence-corrected chi connectivity index (χ3v) is 3.73. The molecule has 0 unspecified atom stereocenters. The molecule has 19 heavy (non-hydrogen) atoms. The van der Waals surface area contributed by atoms with Crippen LogP contribution in [0.5, 0.6) is 0 Å². The first-order valence-corrected chi connectivity index (χ1v) is 6.93. The number of hydrogen-bond acceptors (Lipinski definition) is 5. The minimum Gasteiger partial charge on any atom is -0.383 e. The Morgan fingerprint density at radius 1 is 1.21 bits per heavy atom. The SMILES string of the molecule is COCCN(C)c1nc(N2CCCC2)nc(C)c1C. The molecule has 0 atom stereocenters. The van der Waals surface area contributed by atoms with E-state index in [0.717, 1.165) is 42.7 Å². The molecule has 2 rings (SSSR count). The highest BCUT2D eigenvalue weighted by atomic mass is 16.5. The lowest BCUT2D eigenvalue weighted by atomic mass is 10.2. The second kappa shape index (κ2) is 6.19. The van der Waals surface area contributed by atoms with Gasteiger partial charge in [0.15, 0.2) is 0 Å². The topological polar surface area (TPSA) is 41.5 Å². The molecule has 106 valence electrons. The molecule has 1 aromatic rings. The number of likely N-dealkylation sites (N-methyl/N-ethyl adjacent to an activating group) is 1. The van der Waals surface area contributed by atoms with E-state index >= 15 is 0 Å². The first-order chi connectivity index (χ1) is 9.13. The maximum Gasteiger partial charge on any atom is 0.227 e. The van der Waals surface area contributed by atoms with Gasteiger partial charge in [-0.3, -0.25) is 0 Å². The van der Waals surface area contributed by atoms with Crippen molar-refractivity contribution in [3.8, 4) is 0 Å². The van der Waals surface area contributed by atoms with Crippen molar-refractivity contribution in [1.82, 2.24) is 9.97 Å². The van der Waals surface area contributed by atoms with Gasteiger partial charge in [-0.25, -0.2) is 4.98 Å². The highest BCUT2D eigenvalue weighted by Crippen LogP contribution is 2.24. The fraction of sp³-hybridized carbons (Fsp3) is 0.714. The van der Waals surface area contributed by atoms with Crippen LogP contribution in [0.4, 0.5) is 11.8 Å². The Labute approximate surface area is 115 Å². The van der Waals surface area contributed by atoms with E-state index in [9.17, 15) is 0 Å². The summed E-state index contributed by atoms with van der Waals surface area (Å²) in [6, 6.07) is 0. The minimum atomic E-state index is 0.706. The van der Waals surface area contributed by atoms with Crippen LogP contribution in [-0.4, -0.2) is 50.4 Å². The molecule has 1 aromatic heterocycles. The Morgan fingerprint density at radius 2 is 1.89 bits per heavy atom. The second-order valence-corrected chi connectivity index (χ2v) is 5.17. The van der Waals surface area contributed by atoms with E-state index in [0.29, 0.717) is 6.61 Å². The van der Waals surface area contributed by atoms with Crippen LogP contribution < -0.4 is 9.80 Å². The van der Waals surface area contributed by atoms with Crippen LogP contribution in [0.2, 0.25) is 0 Å². The van der Waals surface area contributed by atoms with Crippen LogP contribution in [0.25, 0.3) is 0 Å². The molecule has 1 saturated heterocycles. The molecule has 1 aliphatic rings. The number of hydrogen-bond donors (Lipinski definition) is 0. The predicted molar refractivity (Wildman–Crippen MR) is 78.1 cm³/mol. The summed E-state index contributed by atoms with van der Waals surface area (Å²) in [6.45, 7) is 7.84. The predicted octanol–water partition coefficient (Wildman–Crippen LogP) is 1.78. The zero-order chi connectivity index (χ0) is 13.8. The smallest absolute Gasteiger partial charge is 0.227 e. The van der Waals surface area contributed by atoms with Crippen LogP contribution >= 0.6 is 0 Å². The third kappa shape index (κ3) is 3.15. The molecular weight excluding hydrogens is 240 g/mol. The van der Waals surface area contributed by atoms with Gasteiger partial charge in [0.1, 0.15) is 5.82 Å². The van der Waals surface area contributed by atoms with Gasteiger partial charge in [-0.2, -0.15) is 4.98 Å². The lowest BCUT2D eigenvalue weighted by Crippen LogP contribution is -2.27. The normalized spacial score (nSPS) is 15.1. The van der Waals surface area contributed by atoms with E-state index in [-0.39, 0.29) is 0 Å². The Hall–Kier alpha value is -1.36. The molecule has 0 bridgehead atoms. The van der Waals surface area contributed by atoms with Crippen molar-refractivity contribution >= 4 is 11.8 Å². The second-order valence-electron chi connectivity index (χ2n) is 5.17. The fourth-order valence-electron chi connectivity index (χ4n) is 2.36. The van der Waals surface area contributed by atoms with Gasteiger partial charge in [-0.15, -0.1) is 0 Å². The average molecular weight is 264 g/mol. The summed E-state index contributed by atoms with van der Waals surface area (Å²) in [7, 11) is 3.78. The maximum absolute atomic E-state index is 5.14. The van der Waals surface area contributed by atoms with Gasteiger partial charge in [0.05, 0.1) is 6.61 Å². The van der Waals surface area contributed by atoms with Crippen molar-refractivity contribution in [1.29, 1.82) is 0 Å². The Morgan fingerprint density at radius 3 is 2.53 bits per heavy atom. The van der Waals surface area contributed by atoms with Gasteiger partial charge in [0.25, 0.3) is 0 Å². The molecule has 0 N–H and O–H groups in total. The monoisotopic (exact) mass is 264 g/mol. The van der Waals surface area contributed by atoms with Crippen molar-refractivity contribution < 1.29 is 4.74 Å². The molecule has 0 amide bonds. The molecule has 0 aromatic carbocycles. The van der Waals surface area contributed by atoms with Gasteiger partial charge in [-0.05, 0) is 26.7 Å².